The topological polar surface area (TPSA) is 47.6 Å². The van der Waals surface area contributed by atoms with Crippen molar-refractivity contribution in [1.29, 1.82) is 0 Å². The van der Waals surface area contributed by atoms with E-state index >= 15 is 0 Å². The van der Waals surface area contributed by atoms with Crippen molar-refractivity contribution in [2.45, 2.75) is 42.4 Å². The molecule has 110 valence electrons. The maximum absolute atomic E-state index is 12.7. The second kappa shape index (κ2) is 6.14. The molecule has 5 heteroatoms. The van der Waals surface area contributed by atoms with Gasteiger partial charge in [0, 0.05) is 22.3 Å². The van der Waals surface area contributed by atoms with Crippen LogP contribution < -0.4 is 14.8 Å². The van der Waals surface area contributed by atoms with E-state index in [-0.39, 0.29) is 5.25 Å². The molecular weight excluding hydrogens is 274 g/mol. The third-order valence-electron chi connectivity index (χ3n) is 3.93. The Morgan fingerprint density at radius 3 is 2.85 bits per heavy atom. The summed E-state index contributed by atoms with van der Waals surface area (Å²) in [5.41, 5.74) is 0. The lowest BCUT2D eigenvalue weighted by atomic mass is 10.2. The Morgan fingerprint density at radius 2 is 2.05 bits per heavy atom. The van der Waals surface area contributed by atoms with Crippen LogP contribution in [0.25, 0.3) is 0 Å². The molecule has 1 fully saturated rings. The van der Waals surface area contributed by atoms with Gasteiger partial charge in [-0.25, -0.2) is 0 Å². The largest absolute Gasteiger partial charge is 0.486 e. The Labute approximate surface area is 122 Å². The van der Waals surface area contributed by atoms with Gasteiger partial charge < -0.3 is 14.8 Å². The molecule has 3 unspecified atom stereocenters. The highest BCUT2D eigenvalue weighted by Gasteiger charge is 2.29. The second-order valence-corrected chi connectivity index (χ2v) is 7.03. The standard InChI is InChI=1S/C15H21NO3S/c1-2-16-11-3-4-12(9-11)20(17)13-5-6-14-15(10-13)19-8-7-18-14/h5-6,10-12,16H,2-4,7-9H2,1H3. The van der Waals surface area contributed by atoms with E-state index in [4.69, 9.17) is 9.47 Å². The van der Waals surface area contributed by atoms with Crippen LogP contribution in [-0.2, 0) is 10.8 Å². The molecule has 1 aliphatic heterocycles. The van der Waals surface area contributed by atoms with Gasteiger partial charge in [-0.15, -0.1) is 0 Å². The van der Waals surface area contributed by atoms with Crippen LogP contribution in [0.4, 0.5) is 0 Å². The van der Waals surface area contributed by atoms with Gasteiger partial charge in [0.1, 0.15) is 13.2 Å². The predicted octanol–water partition coefficient (Wildman–Crippen LogP) is 2.10. The molecular formula is C15H21NO3S. The highest BCUT2D eigenvalue weighted by Crippen LogP contribution is 2.34. The summed E-state index contributed by atoms with van der Waals surface area (Å²) in [6.45, 7) is 4.25. The maximum Gasteiger partial charge on any atom is 0.162 e. The van der Waals surface area contributed by atoms with E-state index in [9.17, 15) is 4.21 Å². The first-order chi connectivity index (χ1) is 9.78. The average Bonchev–Trinajstić information content (AvgIpc) is 2.95. The van der Waals surface area contributed by atoms with Crippen LogP contribution in [0.5, 0.6) is 11.5 Å². The van der Waals surface area contributed by atoms with Crippen molar-refractivity contribution in [3.05, 3.63) is 18.2 Å². The summed E-state index contributed by atoms with van der Waals surface area (Å²) < 4.78 is 23.7. The molecule has 1 heterocycles. The van der Waals surface area contributed by atoms with Gasteiger partial charge in [-0.05, 0) is 37.9 Å². The Hall–Kier alpha value is -1.07. The molecule has 1 N–H and O–H groups in total. The van der Waals surface area contributed by atoms with Gasteiger partial charge in [0.05, 0.1) is 10.8 Å². The molecule has 4 nitrogen and oxygen atoms in total. The lowest BCUT2D eigenvalue weighted by Gasteiger charge is -2.19. The molecule has 0 aromatic heterocycles. The zero-order chi connectivity index (χ0) is 13.9. The number of nitrogens with one attached hydrogen (secondary N) is 1. The number of fused-ring (bicyclic) bond motifs is 1. The van der Waals surface area contributed by atoms with Gasteiger partial charge in [0.15, 0.2) is 11.5 Å². The summed E-state index contributed by atoms with van der Waals surface area (Å²) in [4.78, 5) is 0.858. The highest BCUT2D eigenvalue weighted by atomic mass is 32.2. The van der Waals surface area contributed by atoms with Crippen molar-refractivity contribution < 1.29 is 13.7 Å². The minimum Gasteiger partial charge on any atom is -0.486 e. The van der Waals surface area contributed by atoms with E-state index in [2.05, 4.69) is 12.2 Å². The Morgan fingerprint density at radius 1 is 1.25 bits per heavy atom. The molecule has 1 aromatic carbocycles. The van der Waals surface area contributed by atoms with Crippen LogP contribution in [0.1, 0.15) is 26.2 Å². The zero-order valence-corrected chi connectivity index (χ0v) is 12.6. The summed E-state index contributed by atoms with van der Waals surface area (Å²) in [7, 11) is -0.957. The minimum atomic E-state index is -0.957. The normalized spacial score (nSPS) is 26.4. The van der Waals surface area contributed by atoms with Crippen LogP contribution in [0.3, 0.4) is 0 Å². The smallest absolute Gasteiger partial charge is 0.162 e. The lowest BCUT2D eigenvalue weighted by Crippen LogP contribution is -2.27. The molecule has 3 atom stereocenters. The number of ether oxygens (including phenoxy) is 2. The maximum atomic E-state index is 12.7. The average molecular weight is 295 g/mol. The molecule has 0 radical (unpaired) electrons. The van der Waals surface area contributed by atoms with E-state index in [1.807, 2.05) is 18.2 Å². The van der Waals surface area contributed by atoms with Crippen molar-refractivity contribution in [1.82, 2.24) is 5.32 Å². The molecule has 1 saturated carbocycles. The molecule has 0 bridgehead atoms. The van der Waals surface area contributed by atoms with Gasteiger partial charge in [-0.2, -0.15) is 0 Å². The molecule has 2 aliphatic rings. The van der Waals surface area contributed by atoms with Crippen LogP contribution in [-0.4, -0.2) is 35.3 Å². The van der Waals surface area contributed by atoms with Gasteiger partial charge >= 0.3 is 0 Å². The zero-order valence-electron chi connectivity index (χ0n) is 11.8. The van der Waals surface area contributed by atoms with E-state index in [0.29, 0.717) is 19.3 Å². The summed E-state index contributed by atoms with van der Waals surface area (Å²) >= 11 is 0. The number of hydrogen-bond acceptors (Lipinski definition) is 4. The monoisotopic (exact) mass is 295 g/mol. The minimum absolute atomic E-state index is 0.251. The van der Waals surface area contributed by atoms with E-state index in [0.717, 1.165) is 42.2 Å². The number of hydrogen-bond donors (Lipinski definition) is 1. The first-order valence-corrected chi connectivity index (χ1v) is 8.53. The van der Waals surface area contributed by atoms with Gasteiger partial charge in [0.2, 0.25) is 0 Å². The van der Waals surface area contributed by atoms with Crippen LogP contribution in [0, 0.1) is 0 Å². The Bertz CT molecular complexity index is 506. The number of benzene rings is 1. The van der Waals surface area contributed by atoms with Gasteiger partial charge in [-0.3, -0.25) is 4.21 Å². The van der Waals surface area contributed by atoms with Crippen molar-refractivity contribution in [2.24, 2.45) is 0 Å². The van der Waals surface area contributed by atoms with Gasteiger partial charge in [-0.1, -0.05) is 6.92 Å². The van der Waals surface area contributed by atoms with Crippen LogP contribution in [0.15, 0.2) is 23.1 Å². The van der Waals surface area contributed by atoms with Crippen LogP contribution >= 0.6 is 0 Å². The second-order valence-electron chi connectivity index (χ2n) is 5.29. The summed E-state index contributed by atoms with van der Waals surface area (Å²) in [6.07, 6.45) is 3.14. The third-order valence-corrected chi connectivity index (χ3v) is 5.68. The van der Waals surface area contributed by atoms with E-state index in [1.54, 1.807) is 0 Å². The van der Waals surface area contributed by atoms with E-state index < -0.39 is 10.8 Å². The fraction of sp³-hybridized carbons (Fsp3) is 0.600. The molecule has 3 rings (SSSR count). The molecule has 0 saturated heterocycles. The fourth-order valence-corrected chi connectivity index (χ4v) is 4.52. The molecule has 0 spiro atoms. The summed E-state index contributed by atoms with van der Waals surface area (Å²) in [5.74, 6) is 1.48. The summed E-state index contributed by atoms with van der Waals surface area (Å²) in [6, 6.07) is 6.18. The fourth-order valence-electron chi connectivity index (χ4n) is 2.95. The molecule has 1 aromatic rings. The molecule has 20 heavy (non-hydrogen) atoms. The molecule has 1 aliphatic carbocycles. The SMILES string of the molecule is CCNC1CCC(S(=O)c2ccc3c(c2)OCCO3)C1. The first-order valence-electron chi connectivity index (χ1n) is 7.31. The number of rotatable bonds is 4. The van der Waals surface area contributed by atoms with Crippen molar-refractivity contribution in [3.8, 4) is 11.5 Å². The summed E-state index contributed by atoms with van der Waals surface area (Å²) in [5, 5.41) is 3.70. The lowest BCUT2D eigenvalue weighted by molar-refractivity contribution is 0.171. The third kappa shape index (κ3) is 2.83. The predicted molar refractivity (Wildman–Crippen MR) is 78.9 cm³/mol. The highest BCUT2D eigenvalue weighted by molar-refractivity contribution is 7.85. The van der Waals surface area contributed by atoms with Crippen molar-refractivity contribution in [3.63, 3.8) is 0 Å². The van der Waals surface area contributed by atoms with E-state index in [1.165, 1.54) is 0 Å². The Balaban J connectivity index is 1.71. The Kier molecular flexibility index (Phi) is 4.27. The van der Waals surface area contributed by atoms with Gasteiger partial charge in [0.25, 0.3) is 0 Å². The first kappa shape index (κ1) is 13.9. The van der Waals surface area contributed by atoms with Crippen LogP contribution in [0.2, 0.25) is 0 Å². The van der Waals surface area contributed by atoms with Crippen molar-refractivity contribution >= 4 is 10.8 Å². The van der Waals surface area contributed by atoms with Crippen molar-refractivity contribution in [2.75, 3.05) is 19.8 Å². The quantitative estimate of drug-likeness (QED) is 0.924. The molecule has 0 amide bonds.